The van der Waals surface area contributed by atoms with Crippen molar-refractivity contribution < 1.29 is 32.9 Å². The molecule has 7 nitrogen and oxygen atoms in total. The van der Waals surface area contributed by atoms with E-state index in [0.29, 0.717) is 38.2 Å². The summed E-state index contributed by atoms with van der Waals surface area (Å²) in [6.45, 7) is 12.0. The number of benzene rings is 4. The molecule has 1 heterocycles. The van der Waals surface area contributed by atoms with Gasteiger partial charge in [0.25, 0.3) is 8.32 Å². The van der Waals surface area contributed by atoms with Gasteiger partial charge in [0.05, 0.1) is 32.0 Å². The first-order valence-corrected chi connectivity index (χ1v) is 19.7. The van der Waals surface area contributed by atoms with Gasteiger partial charge in [-0.25, -0.2) is 4.79 Å². The highest BCUT2D eigenvalue weighted by atomic mass is 28.4. The smallest absolute Gasteiger partial charge is 0.338 e. The average molecular weight is 709 g/mol. The van der Waals surface area contributed by atoms with Crippen molar-refractivity contribution in [2.75, 3.05) is 20.3 Å². The van der Waals surface area contributed by atoms with Crippen LogP contribution in [0.15, 0.2) is 127 Å². The Morgan fingerprint density at radius 1 is 0.824 bits per heavy atom. The van der Waals surface area contributed by atoms with Gasteiger partial charge in [-0.15, -0.1) is 0 Å². The van der Waals surface area contributed by atoms with E-state index in [-0.39, 0.29) is 11.1 Å². The SMILES string of the molecule is COc1ccc(COCCC=CC(OC(=O)c2ccccc2)[C@H]2OC(C)(C)O[C@H]2CCO[Si](c2ccccc2)(c2ccccc2)C(C)(C)C)cc1. The van der Waals surface area contributed by atoms with Crippen LogP contribution in [0.3, 0.4) is 0 Å². The Kier molecular flexibility index (Phi) is 13.1. The highest BCUT2D eigenvalue weighted by Crippen LogP contribution is 2.38. The molecule has 0 aliphatic carbocycles. The summed E-state index contributed by atoms with van der Waals surface area (Å²) >= 11 is 0. The summed E-state index contributed by atoms with van der Waals surface area (Å²) < 4.78 is 37.5. The molecule has 0 N–H and O–H groups in total. The van der Waals surface area contributed by atoms with Crippen LogP contribution in [-0.4, -0.2) is 58.7 Å². The minimum Gasteiger partial charge on any atom is -0.497 e. The van der Waals surface area contributed by atoms with Gasteiger partial charge in [0.2, 0.25) is 0 Å². The molecule has 1 fully saturated rings. The highest BCUT2D eigenvalue weighted by molar-refractivity contribution is 6.99. The first kappa shape index (κ1) is 38.2. The number of ether oxygens (including phenoxy) is 5. The van der Waals surface area contributed by atoms with Crippen molar-refractivity contribution in [2.45, 2.75) is 83.2 Å². The quantitative estimate of drug-likeness (QED) is 0.0508. The van der Waals surface area contributed by atoms with E-state index in [0.717, 1.165) is 11.3 Å². The molecule has 3 atom stereocenters. The van der Waals surface area contributed by atoms with Crippen LogP contribution in [-0.2, 0) is 30.0 Å². The lowest BCUT2D eigenvalue weighted by atomic mass is 10.0. The van der Waals surface area contributed by atoms with E-state index in [1.165, 1.54) is 10.4 Å². The maximum absolute atomic E-state index is 13.4. The molecule has 0 amide bonds. The van der Waals surface area contributed by atoms with Gasteiger partial charge in [-0.3, -0.25) is 0 Å². The van der Waals surface area contributed by atoms with Crippen molar-refractivity contribution in [2.24, 2.45) is 0 Å². The molecule has 0 aromatic heterocycles. The van der Waals surface area contributed by atoms with Crippen LogP contribution in [0.1, 0.15) is 63.4 Å². The van der Waals surface area contributed by atoms with E-state index in [4.69, 9.17) is 28.1 Å². The third kappa shape index (κ3) is 9.84. The van der Waals surface area contributed by atoms with Crippen LogP contribution in [0.5, 0.6) is 5.75 Å². The van der Waals surface area contributed by atoms with Crippen molar-refractivity contribution in [1.29, 1.82) is 0 Å². The zero-order valence-electron chi connectivity index (χ0n) is 30.7. The van der Waals surface area contributed by atoms with Crippen LogP contribution in [0, 0.1) is 0 Å². The summed E-state index contributed by atoms with van der Waals surface area (Å²) in [6, 6.07) is 38.1. The first-order valence-electron chi connectivity index (χ1n) is 17.8. The lowest BCUT2D eigenvalue weighted by Crippen LogP contribution is -2.66. The Morgan fingerprint density at radius 2 is 1.41 bits per heavy atom. The molecule has 0 bridgehead atoms. The van der Waals surface area contributed by atoms with E-state index < -0.39 is 32.3 Å². The van der Waals surface area contributed by atoms with E-state index in [2.05, 4.69) is 69.3 Å². The molecule has 51 heavy (non-hydrogen) atoms. The Balaban J connectivity index is 1.33. The fourth-order valence-electron chi connectivity index (χ4n) is 6.73. The summed E-state index contributed by atoms with van der Waals surface area (Å²) in [5.41, 5.74) is 1.54. The third-order valence-electron chi connectivity index (χ3n) is 9.12. The molecule has 270 valence electrons. The summed E-state index contributed by atoms with van der Waals surface area (Å²) in [6.07, 6.45) is 3.45. The maximum atomic E-state index is 13.4. The van der Waals surface area contributed by atoms with Crippen LogP contribution < -0.4 is 15.1 Å². The van der Waals surface area contributed by atoms with E-state index in [1.807, 2.05) is 80.6 Å². The maximum Gasteiger partial charge on any atom is 0.338 e. The second kappa shape index (κ2) is 17.4. The van der Waals surface area contributed by atoms with E-state index in [9.17, 15) is 4.79 Å². The number of rotatable bonds is 16. The van der Waals surface area contributed by atoms with Gasteiger partial charge < -0.3 is 28.1 Å². The molecular weight excluding hydrogens is 657 g/mol. The molecule has 4 aromatic carbocycles. The molecule has 5 rings (SSSR count). The molecule has 8 heteroatoms. The van der Waals surface area contributed by atoms with Crippen molar-refractivity contribution in [3.8, 4) is 5.75 Å². The van der Waals surface area contributed by atoms with E-state index >= 15 is 0 Å². The number of esters is 1. The minimum absolute atomic E-state index is 0.159. The Labute approximate surface area is 304 Å². The molecule has 1 unspecified atom stereocenters. The minimum atomic E-state index is -2.76. The molecule has 4 aromatic rings. The monoisotopic (exact) mass is 708 g/mol. The molecule has 1 saturated heterocycles. The van der Waals surface area contributed by atoms with Crippen molar-refractivity contribution in [1.82, 2.24) is 0 Å². The fraction of sp³-hybridized carbons (Fsp3) is 0.372. The first-order chi connectivity index (χ1) is 24.5. The van der Waals surface area contributed by atoms with Gasteiger partial charge in [-0.1, -0.05) is 118 Å². The summed E-state index contributed by atoms with van der Waals surface area (Å²) in [7, 11) is -1.10. The number of hydrogen-bond donors (Lipinski definition) is 0. The normalized spacial score (nSPS) is 18.1. The molecular formula is C43H52O7Si. The Bertz CT molecular complexity index is 1630. The third-order valence-corrected chi connectivity index (χ3v) is 14.2. The lowest BCUT2D eigenvalue weighted by Gasteiger charge is -2.43. The second-order valence-corrected chi connectivity index (χ2v) is 18.6. The molecule has 1 aliphatic rings. The molecule has 0 radical (unpaired) electrons. The van der Waals surface area contributed by atoms with Gasteiger partial charge in [-0.2, -0.15) is 0 Å². The molecule has 1 aliphatic heterocycles. The van der Waals surface area contributed by atoms with Gasteiger partial charge >= 0.3 is 5.97 Å². The van der Waals surface area contributed by atoms with Gasteiger partial charge in [0, 0.05) is 6.61 Å². The van der Waals surface area contributed by atoms with Crippen LogP contribution in [0.4, 0.5) is 0 Å². The van der Waals surface area contributed by atoms with Gasteiger partial charge in [-0.05, 0) is 78.0 Å². The fourth-order valence-corrected chi connectivity index (χ4v) is 11.3. The average Bonchev–Trinajstić information content (AvgIpc) is 3.45. The van der Waals surface area contributed by atoms with Crippen molar-refractivity contribution in [3.05, 3.63) is 139 Å². The Hall–Kier alpha value is -4.05. The number of carbonyl (C=O) groups is 1. The second-order valence-electron chi connectivity index (χ2n) is 14.3. The van der Waals surface area contributed by atoms with Gasteiger partial charge in [0.1, 0.15) is 18.0 Å². The van der Waals surface area contributed by atoms with Crippen LogP contribution in [0.25, 0.3) is 0 Å². The molecule has 0 saturated carbocycles. The van der Waals surface area contributed by atoms with Crippen molar-refractivity contribution in [3.63, 3.8) is 0 Å². The van der Waals surface area contributed by atoms with Crippen LogP contribution in [0.2, 0.25) is 5.04 Å². The summed E-state index contributed by atoms with van der Waals surface area (Å²) in [5.74, 6) is -0.483. The topological polar surface area (TPSA) is 72.5 Å². The largest absolute Gasteiger partial charge is 0.497 e. The van der Waals surface area contributed by atoms with Crippen molar-refractivity contribution >= 4 is 24.7 Å². The zero-order chi connectivity index (χ0) is 36.3. The number of carbonyl (C=O) groups excluding carboxylic acids is 1. The summed E-state index contributed by atoms with van der Waals surface area (Å²) in [4.78, 5) is 13.4. The predicted molar refractivity (Wildman–Crippen MR) is 204 cm³/mol. The zero-order valence-corrected chi connectivity index (χ0v) is 31.7. The van der Waals surface area contributed by atoms with Gasteiger partial charge in [0.15, 0.2) is 5.79 Å². The predicted octanol–water partition coefficient (Wildman–Crippen LogP) is 7.87. The van der Waals surface area contributed by atoms with Crippen LogP contribution >= 0.6 is 0 Å². The lowest BCUT2D eigenvalue weighted by molar-refractivity contribution is -0.153. The highest BCUT2D eigenvalue weighted by Gasteiger charge is 2.51. The number of methoxy groups -OCH3 is 1. The standard InChI is InChI=1S/C43H52O7Si/c1-42(2,3)51(36-20-12-8-13-21-36,37-22-14-9-15-23-37)47-31-29-39-40(50-43(4,5)49-39)38(48-41(44)34-18-10-7-11-19-34)24-16-17-30-46-32-33-25-27-35(45-6)28-26-33/h7-16,18-28,38-40H,17,29-32H2,1-6H3/t38?,39-,40+/m0/s1. The Morgan fingerprint density at radius 3 is 1.98 bits per heavy atom. The van der Waals surface area contributed by atoms with E-state index in [1.54, 1.807) is 19.2 Å². The number of hydrogen-bond acceptors (Lipinski definition) is 7. The summed E-state index contributed by atoms with van der Waals surface area (Å²) in [5, 5.41) is 2.28. The molecule has 0 spiro atoms.